The molecule has 0 amide bonds. The Morgan fingerprint density at radius 2 is 1.52 bits per heavy atom. The van der Waals surface area contributed by atoms with Crippen molar-refractivity contribution in [2.45, 2.75) is 0 Å². The predicted octanol–water partition coefficient (Wildman–Crippen LogP) is 1.70. The molecule has 0 aliphatic heterocycles. The fraction of sp³-hybridized carbons (Fsp3) is 0.400. The van der Waals surface area contributed by atoms with Gasteiger partial charge < -0.3 is 39.7 Å². The third-order valence-corrected chi connectivity index (χ3v) is 2.34. The van der Waals surface area contributed by atoms with Crippen LogP contribution in [0.1, 0.15) is 0 Å². The van der Waals surface area contributed by atoms with Crippen LogP contribution in [0.2, 0.25) is 0 Å². The molecule has 0 saturated carbocycles. The van der Waals surface area contributed by atoms with E-state index in [0.717, 1.165) is 5.96 Å². The van der Waals surface area contributed by atoms with E-state index in [0.29, 0.717) is 16.0 Å². The summed E-state index contributed by atoms with van der Waals surface area (Å²) in [7, 11) is -4.41. The zero-order chi connectivity index (χ0) is 21.6. The topological polar surface area (TPSA) is 63.9 Å². The lowest BCUT2D eigenvalue weighted by Crippen LogP contribution is -2.39. The Hall–Kier alpha value is -2.61. The maximum absolute atomic E-state index is 11.6. The molecule has 0 aromatic carbocycles. The summed E-state index contributed by atoms with van der Waals surface area (Å²) in [6, 6.07) is 3.60. The number of hydrogen-bond donors (Lipinski definition) is 0. The van der Waals surface area contributed by atoms with Gasteiger partial charge in [-0.25, -0.2) is 0 Å². The smallest absolute Gasteiger partial charge is 0.673 e. The van der Waals surface area contributed by atoms with Crippen molar-refractivity contribution in [3.63, 3.8) is 0 Å². The number of halogens is 8. The third-order valence-electron chi connectivity index (χ3n) is 2.34. The number of nitrogens with zero attached hydrogens (tertiary/aromatic N) is 6. The first kappa shape index (κ1) is 24.4. The molecule has 0 aliphatic carbocycles. The predicted molar refractivity (Wildman–Crippen MR) is 83.1 cm³/mol. The lowest BCUT2D eigenvalue weighted by atomic mass is 10.3. The van der Waals surface area contributed by atoms with Crippen molar-refractivity contribution in [3.8, 4) is 0 Å². The van der Waals surface area contributed by atoms with Crippen LogP contribution >= 0.6 is 0 Å². The van der Waals surface area contributed by atoms with Crippen molar-refractivity contribution in [1.29, 1.82) is 0 Å². The molecule has 0 aliphatic rings. The Labute approximate surface area is 148 Å². The molecule has 2 aromatic rings. The average Bonchev–Trinajstić information content (AvgIpc) is 2.72. The van der Waals surface area contributed by atoms with Gasteiger partial charge in [0.2, 0.25) is 5.52 Å². The second-order valence-corrected chi connectivity index (χ2v) is 5.10. The van der Waals surface area contributed by atoms with Gasteiger partial charge in [-0.1, -0.05) is 4.68 Å². The van der Waals surface area contributed by atoms with Gasteiger partial charge in [0.05, 0.1) is 28.2 Å². The Kier molecular flexibility index (Phi) is 8.46. The van der Waals surface area contributed by atoms with E-state index in [-0.39, 0.29) is 0 Å². The van der Waals surface area contributed by atoms with E-state index in [4.69, 9.17) is 0 Å². The molecule has 27 heavy (non-hydrogen) atoms. The molecule has 0 saturated heterocycles. The maximum atomic E-state index is 11.6. The molecule has 0 spiro atoms. The number of pyridine rings is 1. The molecule has 0 bridgehead atoms. The Morgan fingerprint density at radius 1 is 1.07 bits per heavy atom. The van der Waals surface area contributed by atoms with Gasteiger partial charge in [0.15, 0.2) is 0 Å². The molecule has 0 fully saturated rings. The molecule has 154 valence electrons. The quantitative estimate of drug-likeness (QED) is 0.166. The first-order chi connectivity index (χ1) is 12.0. The molecule has 0 atom stereocenters. The summed E-state index contributed by atoms with van der Waals surface area (Å²) in [6.07, 6.45) is 1.58. The number of fused-ring (bicyclic) bond motifs is 1. The van der Waals surface area contributed by atoms with Gasteiger partial charge in [-0.2, -0.15) is 0 Å². The fourth-order valence-electron chi connectivity index (χ4n) is 1.80. The highest BCUT2D eigenvalue weighted by molar-refractivity contribution is 6.50. The normalized spacial score (nSPS) is 11.1. The van der Waals surface area contributed by atoms with Crippen molar-refractivity contribution in [2.75, 3.05) is 28.2 Å². The van der Waals surface area contributed by atoms with Crippen molar-refractivity contribution >= 4 is 31.6 Å². The van der Waals surface area contributed by atoms with Gasteiger partial charge in [-0.3, -0.25) is 9.48 Å². The number of hydrogen-bond acceptors (Lipinski definition) is 3. The van der Waals surface area contributed by atoms with E-state index in [2.05, 4.69) is 10.2 Å². The second-order valence-electron chi connectivity index (χ2n) is 5.10. The number of rotatable bonds is 0. The lowest BCUT2D eigenvalue weighted by molar-refractivity contribution is -0.647. The van der Waals surface area contributed by atoms with Crippen LogP contribution in [0.15, 0.2) is 18.3 Å². The summed E-state index contributed by atoms with van der Waals surface area (Å²) < 4.78 is 81.5. The Balaban J connectivity index is 0.000000563. The fourth-order valence-corrected chi connectivity index (χ4v) is 1.80. The van der Waals surface area contributed by atoms with Crippen LogP contribution in [0.4, 0.5) is 34.5 Å². The van der Waals surface area contributed by atoms with Crippen molar-refractivity contribution in [3.05, 3.63) is 23.5 Å². The molecule has 2 aromatic heterocycles. The third kappa shape index (κ3) is 10.2. The van der Waals surface area contributed by atoms with E-state index in [1.54, 1.807) is 16.9 Å². The minimum atomic E-state index is -6.00. The van der Waals surface area contributed by atoms with Crippen LogP contribution in [0, 0.1) is 5.21 Å². The van der Waals surface area contributed by atoms with Crippen LogP contribution in [0.25, 0.3) is 11.2 Å². The van der Waals surface area contributed by atoms with Gasteiger partial charge in [0.1, 0.15) is 6.20 Å². The maximum Gasteiger partial charge on any atom is 0.673 e. The first-order valence-electron chi connectivity index (χ1n) is 6.92. The van der Waals surface area contributed by atoms with Crippen molar-refractivity contribution < 1.29 is 43.9 Å². The minimum absolute atomic E-state index is 0.314. The van der Waals surface area contributed by atoms with Gasteiger partial charge in [0, 0.05) is 5.21 Å². The van der Waals surface area contributed by atoms with Crippen LogP contribution in [-0.2, 0) is 0 Å². The molecule has 2 heterocycles. The highest BCUT2D eigenvalue weighted by Crippen LogP contribution is 2.07. The monoisotopic (exact) mass is 409 g/mol. The van der Waals surface area contributed by atoms with E-state index in [1.165, 1.54) is 0 Å². The first-order valence-corrected chi connectivity index (χ1v) is 6.92. The van der Waals surface area contributed by atoms with E-state index in [1.807, 2.05) is 43.7 Å². The van der Waals surface area contributed by atoms with E-state index >= 15 is 0 Å². The molecule has 7 nitrogen and oxygen atoms in total. The van der Waals surface area contributed by atoms with Crippen molar-refractivity contribution in [1.82, 2.24) is 19.8 Å². The van der Waals surface area contributed by atoms with Crippen LogP contribution in [0.3, 0.4) is 0 Å². The molecular formula is C10H15B2F8N6O-. The van der Waals surface area contributed by atoms with Crippen LogP contribution in [0.5, 0.6) is 0 Å². The van der Waals surface area contributed by atoms with Gasteiger partial charge >= 0.3 is 26.1 Å². The standard InChI is InChI=1S/C10H15N6O.2BF4/c1-13(2)10(14(3)4)15-8-6-5-7-11-9(8)16(17)12-15;2*2-1(3,4)5/h5-7H,1-4H3;;/q+1;2*-1. The van der Waals surface area contributed by atoms with Gasteiger partial charge in [0.25, 0.3) is 0 Å². The Bertz CT molecular complexity index is 747. The van der Waals surface area contributed by atoms with E-state index in [9.17, 15) is 39.7 Å². The number of aromatic nitrogens is 4. The molecule has 0 radical (unpaired) electrons. The summed E-state index contributed by atoms with van der Waals surface area (Å²) >= 11 is 0. The summed E-state index contributed by atoms with van der Waals surface area (Å²) in [4.78, 5) is 6.44. The zero-order valence-corrected chi connectivity index (χ0v) is 14.5. The largest absolute Gasteiger partial charge is 0.721 e. The van der Waals surface area contributed by atoms with Crippen LogP contribution in [-0.4, -0.2) is 73.0 Å². The summed E-state index contributed by atoms with van der Waals surface area (Å²) in [5.74, 6) is 0.789. The molecule has 0 N–H and O–H groups in total. The highest BCUT2D eigenvalue weighted by atomic mass is 19.5. The second kappa shape index (κ2) is 9.36. The average molecular weight is 409 g/mol. The van der Waals surface area contributed by atoms with Gasteiger partial charge in [-0.05, 0) is 12.1 Å². The minimum Gasteiger partial charge on any atom is -0.721 e. The summed E-state index contributed by atoms with van der Waals surface area (Å²) in [6.45, 7) is 0. The van der Waals surface area contributed by atoms with Gasteiger partial charge in [-0.15, -0.1) is 9.83 Å². The molecule has 2 rings (SSSR count). The molecular weight excluding hydrogens is 394 g/mol. The van der Waals surface area contributed by atoms with E-state index < -0.39 is 14.5 Å². The lowest BCUT2D eigenvalue weighted by Gasteiger charge is -2.09. The zero-order valence-electron chi connectivity index (χ0n) is 14.5. The SMILES string of the molecule is CN(C)C(n1n[n+]([O-])c2ncccc21)=[N+](C)C.F[B-](F)(F)F.F[B-](F)(F)F. The van der Waals surface area contributed by atoms with Crippen LogP contribution < -0.4 is 4.85 Å². The Morgan fingerprint density at radius 3 is 1.89 bits per heavy atom. The molecule has 17 heteroatoms. The summed E-state index contributed by atoms with van der Waals surface area (Å²) in [5.41, 5.74) is 0.994. The highest BCUT2D eigenvalue weighted by Gasteiger charge is 2.24. The molecule has 0 unspecified atom stereocenters. The summed E-state index contributed by atoms with van der Waals surface area (Å²) in [5, 5.41) is 15.5. The van der Waals surface area contributed by atoms with Crippen molar-refractivity contribution in [2.24, 2.45) is 0 Å².